The van der Waals surface area contributed by atoms with E-state index < -0.39 is 0 Å². The number of amides is 2. The van der Waals surface area contributed by atoms with Crippen LogP contribution in [0.4, 0.5) is 10.5 Å². The minimum Gasteiger partial charge on any atom is -0.321 e. The van der Waals surface area contributed by atoms with E-state index in [9.17, 15) is 4.79 Å². The number of carbonyl (C=O) groups is 1. The van der Waals surface area contributed by atoms with Gasteiger partial charge in [0.1, 0.15) is 0 Å². The molecule has 4 rings (SSSR count). The predicted octanol–water partition coefficient (Wildman–Crippen LogP) is 4.26. The van der Waals surface area contributed by atoms with Crippen LogP contribution in [0.1, 0.15) is 19.3 Å². The van der Waals surface area contributed by atoms with Gasteiger partial charge in [0.05, 0.1) is 10.0 Å². The molecule has 2 bridgehead atoms. The highest BCUT2D eigenvalue weighted by molar-refractivity contribution is 6.42. The number of nitrogens with one attached hydrogen (secondary N) is 1. The highest BCUT2D eigenvalue weighted by Crippen LogP contribution is 2.55. The van der Waals surface area contributed by atoms with Crippen LogP contribution in [-0.2, 0) is 0 Å². The van der Waals surface area contributed by atoms with Gasteiger partial charge >= 0.3 is 6.03 Å². The van der Waals surface area contributed by atoms with E-state index in [1.807, 2.05) is 4.90 Å². The topological polar surface area (TPSA) is 32.3 Å². The van der Waals surface area contributed by atoms with Gasteiger partial charge < -0.3 is 10.2 Å². The number of carbonyl (C=O) groups excluding carboxylic acids is 1. The molecule has 0 spiro atoms. The van der Waals surface area contributed by atoms with E-state index in [-0.39, 0.29) is 6.03 Å². The molecule has 0 unspecified atom stereocenters. The lowest BCUT2D eigenvalue weighted by molar-refractivity contribution is 0.0177. The Bertz CT molecular complexity index is 575. The van der Waals surface area contributed by atoms with Crippen LogP contribution >= 0.6 is 23.2 Å². The second-order valence-corrected chi connectivity index (χ2v) is 7.01. The normalized spacial score (nSPS) is 33.8. The molecule has 1 aromatic carbocycles. The van der Waals surface area contributed by atoms with Gasteiger partial charge in [0, 0.05) is 24.2 Å². The number of likely N-dealkylation sites (tertiary alicyclic amines) is 1. The van der Waals surface area contributed by atoms with E-state index in [0.29, 0.717) is 21.8 Å². The first-order chi connectivity index (χ1) is 9.63. The van der Waals surface area contributed by atoms with Crippen LogP contribution in [0.5, 0.6) is 0 Å². The third-order valence-electron chi connectivity index (χ3n) is 5.24. The number of rotatable bonds is 1. The summed E-state index contributed by atoms with van der Waals surface area (Å²) >= 11 is 11.8. The van der Waals surface area contributed by atoms with Crippen LogP contribution in [0.3, 0.4) is 0 Å². The minimum atomic E-state index is -0.00260. The Hall–Kier alpha value is -0.930. The maximum Gasteiger partial charge on any atom is 0.322 e. The molecule has 3 fully saturated rings. The van der Waals surface area contributed by atoms with Gasteiger partial charge in [-0.25, -0.2) is 4.79 Å². The maximum atomic E-state index is 12.3. The van der Waals surface area contributed by atoms with Gasteiger partial charge in [-0.2, -0.15) is 0 Å². The zero-order chi connectivity index (χ0) is 13.9. The number of halogens is 2. The van der Waals surface area contributed by atoms with Gasteiger partial charge in [0.25, 0.3) is 0 Å². The SMILES string of the molecule is O=C(Nc1ccc(Cl)c(Cl)c1)N1C[C@H]2[C@H]3CC[C@@H](C3)[C@H]21. The van der Waals surface area contributed by atoms with Gasteiger partial charge in [-0.3, -0.25) is 0 Å². The van der Waals surface area contributed by atoms with Gasteiger partial charge in [-0.1, -0.05) is 23.2 Å². The lowest BCUT2D eigenvalue weighted by Crippen LogP contribution is -2.61. The zero-order valence-electron chi connectivity index (χ0n) is 11.0. The van der Waals surface area contributed by atoms with Crippen molar-refractivity contribution < 1.29 is 4.79 Å². The Morgan fingerprint density at radius 2 is 2.00 bits per heavy atom. The molecule has 5 heteroatoms. The summed E-state index contributed by atoms with van der Waals surface area (Å²) in [7, 11) is 0. The Morgan fingerprint density at radius 1 is 1.20 bits per heavy atom. The van der Waals surface area contributed by atoms with E-state index in [2.05, 4.69) is 5.32 Å². The van der Waals surface area contributed by atoms with Crippen molar-refractivity contribution in [3.05, 3.63) is 28.2 Å². The quantitative estimate of drug-likeness (QED) is 0.826. The van der Waals surface area contributed by atoms with Crippen LogP contribution in [-0.4, -0.2) is 23.5 Å². The fourth-order valence-corrected chi connectivity index (χ4v) is 4.62. The average Bonchev–Trinajstić information content (AvgIpc) is 2.90. The molecule has 1 N–H and O–H groups in total. The van der Waals surface area contributed by atoms with Crippen LogP contribution < -0.4 is 5.32 Å². The van der Waals surface area contributed by atoms with Gasteiger partial charge in [0.15, 0.2) is 0 Å². The number of anilines is 1. The largest absolute Gasteiger partial charge is 0.322 e. The Kier molecular flexibility index (Phi) is 2.90. The summed E-state index contributed by atoms with van der Waals surface area (Å²) in [6, 6.07) is 5.66. The van der Waals surface area contributed by atoms with Gasteiger partial charge in [-0.05, 0) is 49.3 Å². The highest BCUT2D eigenvalue weighted by atomic mass is 35.5. The fraction of sp³-hybridized carbons (Fsp3) is 0.533. The average molecular weight is 311 g/mol. The Morgan fingerprint density at radius 3 is 2.75 bits per heavy atom. The third-order valence-corrected chi connectivity index (χ3v) is 5.98. The molecule has 2 aliphatic carbocycles. The molecular weight excluding hydrogens is 295 g/mol. The van der Waals surface area contributed by atoms with Crippen molar-refractivity contribution in [2.24, 2.45) is 17.8 Å². The van der Waals surface area contributed by atoms with Crippen molar-refractivity contribution in [1.82, 2.24) is 4.90 Å². The smallest absolute Gasteiger partial charge is 0.321 e. The molecule has 3 aliphatic rings. The lowest BCUT2D eigenvalue weighted by atomic mass is 9.77. The standard InChI is InChI=1S/C15H16Cl2N2O/c16-12-4-3-10(6-13(12)17)18-15(20)19-7-11-8-1-2-9(5-8)14(11)19/h3-4,6,8-9,11,14H,1-2,5,7H2,(H,18,20)/t8-,9-,11-,14+/m0/s1. The number of nitrogens with zero attached hydrogens (tertiary/aromatic N) is 1. The van der Waals surface area contributed by atoms with E-state index in [1.54, 1.807) is 18.2 Å². The Labute approximate surface area is 128 Å². The lowest BCUT2D eigenvalue weighted by Gasteiger charge is -2.50. The van der Waals surface area contributed by atoms with Crippen molar-refractivity contribution in [2.75, 3.05) is 11.9 Å². The number of hydrogen-bond donors (Lipinski definition) is 1. The summed E-state index contributed by atoms with van der Waals surface area (Å²) in [5.41, 5.74) is 0.705. The van der Waals surface area contributed by atoms with E-state index in [4.69, 9.17) is 23.2 Å². The molecule has 0 aromatic heterocycles. The van der Waals surface area contributed by atoms with Crippen molar-refractivity contribution in [1.29, 1.82) is 0 Å². The number of urea groups is 1. The van der Waals surface area contributed by atoms with Crippen LogP contribution in [0.25, 0.3) is 0 Å². The molecule has 3 nitrogen and oxygen atoms in total. The van der Waals surface area contributed by atoms with Gasteiger partial charge in [-0.15, -0.1) is 0 Å². The first-order valence-corrected chi connectivity index (χ1v) is 7.92. The molecule has 1 aromatic rings. The molecule has 106 valence electrons. The van der Waals surface area contributed by atoms with Crippen LogP contribution in [0, 0.1) is 17.8 Å². The second-order valence-electron chi connectivity index (χ2n) is 6.20. The van der Waals surface area contributed by atoms with Crippen molar-refractivity contribution in [2.45, 2.75) is 25.3 Å². The molecule has 0 radical (unpaired) electrons. The number of fused-ring (bicyclic) bond motifs is 5. The molecule has 1 saturated heterocycles. The highest BCUT2D eigenvalue weighted by Gasteiger charge is 2.57. The van der Waals surface area contributed by atoms with Crippen LogP contribution in [0.15, 0.2) is 18.2 Å². The molecule has 2 amide bonds. The summed E-state index contributed by atoms with van der Waals surface area (Å²) in [6.07, 6.45) is 3.99. The van der Waals surface area contributed by atoms with Crippen molar-refractivity contribution >= 4 is 34.9 Å². The molecule has 20 heavy (non-hydrogen) atoms. The predicted molar refractivity (Wildman–Crippen MR) is 80.3 cm³/mol. The molecule has 1 aliphatic heterocycles. The van der Waals surface area contributed by atoms with Crippen molar-refractivity contribution in [3.8, 4) is 0 Å². The first kappa shape index (κ1) is 12.8. The van der Waals surface area contributed by atoms with E-state index in [0.717, 1.165) is 24.3 Å². The molecule has 4 atom stereocenters. The molecule has 1 heterocycles. The first-order valence-electron chi connectivity index (χ1n) is 7.16. The monoisotopic (exact) mass is 310 g/mol. The second kappa shape index (κ2) is 4.54. The summed E-state index contributed by atoms with van der Waals surface area (Å²) in [4.78, 5) is 14.3. The molecular formula is C15H16Cl2N2O. The number of hydrogen-bond acceptors (Lipinski definition) is 1. The van der Waals surface area contributed by atoms with E-state index in [1.165, 1.54) is 19.3 Å². The Balaban J connectivity index is 1.45. The van der Waals surface area contributed by atoms with Crippen LogP contribution in [0.2, 0.25) is 10.0 Å². The van der Waals surface area contributed by atoms with E-state index >= 15 is 0 Å². The summed E-state index contributed by atoms with van der Waals surface area (Å²) in [5, 5.41) is 3.89. The summed E-state index contributed by atoms with van der Waals surface area (Å²) in [5.74, 6) is 2.37. The third kappa shape index (κ3) is 1.83. The maximum absolute atomic E-state index is 12.3. The summed E-state index contributed by atoms with van der Waals surface area (Å²) < 4.78 is 0. The fourth-order valence-electron chi connectivity index (χ4n) is 4.32. The van der Waals surface area contributed by atoms with Gasteiger partial charge in [0.2, 0.25) is 0 Å². The number of benzene rings is 1. The summed E-state index contributed by atoms with van der Waals surface area (Å²) in [6.45, 7) is 0.916. The van der Waals surface area contributed by atoms with Crippen molar-refractivity contribution in [3.63, 3.8) is 0 Å². The molecule has 2 saturated carbocycles. The minimum absolute atomic E-state index is 0.00260. The zero-order valence-corrected chi connectivity index (χ0v) is 12.5.